The lowest BCUT2D eigenvalue weighted by Crippen LogP contribution is -3.20. The summed E-state index contributed by atoms with van der Waals surface area (Å²) in [4.78, 5) is 3.50. The highest BCUT2D eigenvalue weighted by atomic mass is 79.9. The van der Waals surface area contributed by atoms with Crippen molar-refractivity contribution in [3.05, 3.63) is 28.2 Å². The summed E-state index contributed by atoms with van der Waals surface area (Å²) in [6.07, 6.45) is 8.42. The number of rotatable bonds is 3. The number of aromatic hydroxyl groups is 1. The molecule has 0 atom stereocenters. The summed E-state index contributed by atoms with van der Waals surface area (Å²) in [7, 11) is 0. The number of nitrogens with one attached hydrogen (secondary N) is 2. The van der Waals surface area contributed by atoms with Crippen LogP contribution in [-0.2, 0) is 6.54 Å². The van der Waals surface area contributed by atoms with E-state index in [0.717, 1.165) is 22.6 Å². The topological polar surface area (TPSA) is 29.1 Å². The Morgan fingerprint density at radius 1 is 1.00 bits per heavy atom. The van der Waals surface area contributed by atoms with Gasteiger partial charge in [0.15, 0.2) is 0 Å². The third-order valence-electron chi connectivity index (χ3n) is 5.50. The molecule has 3 rings (SSSR count). The first-order valence-electron chi connectivity index (χ1n) is 8.88. The average Bonchev–Trinajstić information content (AvgIpc) is 2.81. The van der Waals surface area contributed by atoms with Crippen LogP contribution in [0.4, 0.5) is 0 Å². The van der Waals surface area contributed by atoms with Crippen molar-refractivity contribution in [2.75, 3.05) is 26.2 Å². The van der Waals surface area contributed by atoms with Gasteiger partial charge in [0.1, 0.15) is 12.3 Å². The molecule has 0 aromatic heterocycles. The zero-order chi connectivity index (χ0) is 15.4. The summed E-state index contributed by atoms with van der Waals surface area (Å²) >= 11 is 3.51. The van der Waals surface area contributed by atoms with Gasteiger partial charge in [-0.25, -0.2) is 0 Å². The Hall–Kier alpha value is -0.580. The third kappa shape index (κ3) is 4.24. The van der Waals surface area contributed by atoms with Gasteiger partial charge in [-0.1, -0.05) is 15.9 Å². The number of halogens is 1. The second kappa shape index (κ2) is 7.80. The molecule has 0 radical (unpaired) electrons. The van der Waals surface area contributed by atoms with Gasteiger partial charge >= 0.3 is 0 Å². The minimum Gasteiger partial charge on any atom is -0.507 e. The normalized spacial score (nSPS) is 27.5. The van der Waals surface area contributed by atoms with Crippen LogP contribution in [0.5, 0.6) is 5.75 Å². The maximum absolute atomic E-state index is 10.0. The van der Waals surface area contributed by atoms with E-state index in [4.69, 9.17) is 0 Å². The Bertz CT molecular complexity index is 478. The summed E-state index contributed by atoms with van der Waals surface area (Å²) < 4.78 is 1.06. The summed E-state index contributed by atoms with van der Waals surface area (Å²) in [6.45, 7) is 6.24. The number of phenolic OH excluding ortho intramolecular Hbond substituents is 1. The van der Waals surface area contributed by atoms with E-state index in [2.05, 4.69) is 22.0 Å². The highest BCUT2D eigenvalue weighted by Gasteiger charge is 2.30. The number of hydrogen-bond donors (Lipinski definition) is 3. The molecule has 2 saturated heterocycles. The fourth-order valence-electron chi connectivity index (χ4n) is 4.17. The number of phenols is 1. The van der Waals surface area contributed by atoms with Crippen LogP contribution in [0.15, 0.2) is 22.7 Å². The first-order valence-corrected chi connectivity index (χ1v) is 9.67. The van der Waals surface area contributed by atoms with E-state index in [9.17, 15) is 5.11 Å². The number of hydrogen-bond acceptors (Lipinski definition) is 1. The molecule has 0 saturated carbocycles. The van der Waals surface area contributed by atoms with Crippen LogP contribution in [0.1, 0.15) is 44.1 Å². The molecule has 2 fully saturated rings. The van der Waals surface area contributed by atoms with Gasteiger partial charge in [0.25, 0.3) is 0 Å². The molecule has 2 aliphatic heterocycles. The number of benzene rings is 1. The van der Waals surface area contributed by atoms with Crippen molar-refractivity contribution in [1.82, 2.24) is 0 Å². The molecular formula is C18H29BrN2O+2. The monoisotopic (exact) mass is 368 g/mol. The van der Waals surface area contributed by atoms with Crippen molar-refractivity contribution in [1.29, 1.82) is 0 Å². The standard InChI is InChI=1S/C18H27BrN2O/c19-16-5-6-18(22)15(13-16)14-20-11-7-17(8-12-20)21-9-3-1-2-4-10-21/h5-6,13,17,22H,1-4,7-12,14H2/p+2. The van der Waals surface area contributed by atoms with E-state index in [-0.39, 0.29) is 0 Å². The molecule has 1 aromatic carbocycles. The van der Waals surface area contributed by atoms with E-state index < -0.39 is 0 Å². The fourth-order valence-corrected chi connectivity index (χ4v) is 4.58. The van der Waals surface area contributed by atoms with Crippen LogP contribution < -0.4 is 9.80 Å². The molecule has 22 heavy (non-hydrogen) atoms. The second-order valence-corrected chi connectivity index (χ2v) is 7.96. The molecule has 0 aliphatic carbocycles. The van der Waals surface area contributed by atoms with Crippen molar-refractivity contribution in [3.63, 3.8) is 0 Å². The maximum Gasteiger partial charge on any atom is 0.124 e. The van der Waals surface area contributed by atoms with Crippen LogP contribution in [-0.4, -0.2) is 37.3 Å². The molecule has 0 unspecified atom stereocenters. The first-order chi connectivity index (χ1) is 10.7. The van der Waals surface area contributed by atoms with Gasteiger partial charge in [0.2, 0.25) is 0 Å². The summed E-state index contributed by atoms with van der Waals surface area (Å²) in [5.74, 6) is 0.441. The van der Waals surface area contributed by atoms with Crippen molar-refractivity contribution < 1.29 is 14.9 Å². The number of piperidine rings is 1. The lowest BCUT2D eigenvalue weighted by atomic mass is 10.0. The van der Waals surface area contributed by atoms with E-state index in [1.807, 2.05) is 11.0 Å². The Kier molecular flexibility index (Phi) is 5.77. The van der Waals surface area contributed by atoms with Gasteiger partial charge in [0.05, 0.1) is 32.2 Å². The van der Waals surface area contributed by atoms with E-state index in [1.165, 1.54) is 64.7 Å². The Morgan fingerprint density at radius 2 is 1.68 bits per heavy atom. The Morgan fingerprint density at radius 3 is 2.36 bits per heavy atom. The molecule has 4 heteroatoms. The predicted molar refractivity (Wildman–Crippen MR) is 92.4 cm³/mol. The predicted octanol–water partition coefficient (Wildman–Crippen LogP) is 1.16. The summed E-state index contributed by atoms with van der Waals surface area (Å²) in [5.41, 5.74) is 1.07. The fraction of sp³-hybridized carbons (Fsp3) is 0.667. The molecule has 3 N–H and O–H groups in total. The quantitative estimate of drug-likeness (QED) is 0.734. The highest BCUT2D eigenvalue weighted by Crippen LogP contribution is 2.21. The van der Waals surface area contributed by atoms with Crippen LogP contribution in [0.25, 0.3) is 0 Å². The first kappa shape index (κ1) is 16.3. The molecular weight excluding hydrogens is 340 g/mol. The lowest BCUT2D eigenvalue weighted by Gasteiger charge is -2.34. The molecule has 0 amide bonds. The second-order valence-electron chi connectivity index (χ2n) is 7.05. The van der Waals surface area contributed by atoms with Crippen LogP contribution in [0.2, 0.25) is 0 Å². The molecule has 122 valence electrons. The van der Waals surface area contributed by atoms with Gasteiger partial charge in [-0.3, -0.25) is 0 Å². The molecule has 0 spiro atoms. The summed E-state index contributed by atoms with van der Waals surface area (Å²) in [5, 5.41) is 10.0. The van der Waals surface area contributed by atoms with Gasteiger partial charge < -0.3 is 14.9 Å². The molecule has 1 aromatic rings. The van der Waals surface area contributed by atoms with Crippen molar-refractivity contribution in [2.24, 2.45) is 0 Å². The van der Waals surface area contributed by atoms with Crippen molar-refractivity contribution in [3.8, 4) is 5.75 Å². The minimum absolute atomic E-state index is 0.441. The number of quaternary nitrogens is 2. The van der Waals surface area contributed by atoms with Gasteiger partial charge in [-0.15, -0.1) is 0 Å². The maximum atomic E-state index is 10.0. The molecule has 2 aliphatic rings. The van der Waals surface area contributed by atoms with E-state index >= 15 is 0 Å². The van der Waals surface area contributed by atoms with Crippen LogP contribution >= 0.6 is 15.9 Å². The zero-order valence-corrected chi connectivity index (χ0v) is 15.0. The largest absolute Gasteiger partial charge is 0.507 e. The SMILES string of the molecule is Oc1ccc(Br)cc1C[NH+]1CCC([NH+]2CCCCCC2)CC1. The molecule has 0 bridgehead atoms. The third-order valence-corrected chi connectivity index (χ3v) is 5.99. The molecule has 2 heterocycles. The smallest absolute Gasteiger partial charge is 0.124 e. The van der Waals surface area contributed by atoms with Gasteiger partial charge in [0, 0.05) is 22.9 Å². The minimum atomic E-state index is 0.441. The Labute approximate surface area is 142 Å². The lowest BCUT2D eigenvalue weighted by molar-refractivity contribution is -0.963. The van der Waals surface area contributed by atoms with Crippen LogP contribution in [0, 0.1) is 0 Å². The van der Waals surface area contributed by atoms with Gasteiger partial charge in [-0.2, -0.15) is 0 Å². The average molecular weight is 369 g/mol. The number of likely N-dealkylation sites (tertiary alicyclic amines) is 2. The van der Waals surface area contributed by atoms with Gasteiger partial charge in [-0.05, 0) is 43.9 Å². The van der Waals surface area contributed by atoms with Crippen LogP contribution in [0.3, 0.4) is 0 Å². The van der Waals surface area contributed by atoms with E-state index in [1.54, 1.807) is 11.0 Å². The summed E-state index contributed by atoms with van der Waals surface area (Å²) in [6, 6.07) is 6.66. The highest BCUT2D eigenvalue weighted by molar-refractivity contribution is 9.10. The molecule has 3 nitrogen and oxygen atoms in total. The van der Waals surface area contributed by atoms with E-state index in [0.29, 0.717) is 5.75 Å². The Balaban J connectivity index is 1.52. The zero-order valence-electron chi connectivity index (χ0n) is 13.4. The van der Waals surface area contributed by atoms with Crippen molar-refractivity contribution in [2.45, 2.75) is 51.1 Å². The van der Waals surface area contributed by atoms with Crippen molar-refractivity contribution >= 4 is 15.9 Å².